The molecule has 2 heterocycles. The minimum absolute atomic E-state index is 0.0509. The van der Waals surface area contributed by atoms with Crippen LogP contribution in [0.1, 0.15) is 10.4 Å². The topological polar surface area (TPSA) is 126 Å². The number of fused-ring (bicyclic) bond motifs is 1. The van der Waals surface area contributed by atoms with Crippen molar-refractivity contribution in [2.45, 2.75) is 0 Å². The Morgan fingerprint density at radius 1 is 0.909 bits per heavy atom. The number of aromatic hydroxyl groups is 1. The molecule has 0 saturated carbocycles. The van der Waals surface area contributed by atoms with Crippen LogP contribution in [0.3, 0.4) is 0 Å². The Bertz CT molecular complexity index is 1470. The minimum Gasteiger partial charge on any atom is -0.505 e. The first kappa shape index (κ1) is 20.0. The molecule has 0 aliphatic carbocycles. The summed E-state index contributed by atoms with van der Waals surface area (Å²) in [6, 6.07) is 21.3. The summed E-state index contributed by atoms with van der Waals surface area (Å²) in [5.41, 5.74) is 1.46. The number of rotatable bonds is 5. The average molecular weight is 436 g/mol. The van der Waals surface area contributed by atoms with Gasteiger partial charge >= 0.3 is 6.01 Å². The Morgan fingerprint density at radius 2 is 1.67 bits per heavy atom. The molecular weight excluding hydrogens is 420 g/mol. The highest BCUT2D eigenvalue weighted by Crippen LogP contribution is 2.39. The molecular formula is C24H16N6O3. The zero-order chi connectivity index (χ0) is 22.6. The smallest absolute Gasteiger partial charge is 0.361 e. The number of phenolic OH excluding ortho intramolecular Hbond substituents is 1. The molecule has 9 nitrogen and oxygen atoms in total. The van der Waals surface area contributed by atoms with E-state index in [1.165, 1.54) is 0 Å². The number of amides is 1. The summed E-state index contributed by atoms with van der Waals surface area (Å²) < 4.78 is 5.55. The van der Waals surface area contributed by atoms with E-state index in [4.69, 9.17) is 4.42 Å². The monoisotopic (exact) mass is 436 g/mol. The van der Waals surface area contributed by atoms with Gasteiger partial charge in [0.1, 0.15) is 5.69 Å². The van der Waals surface area contributed by atoms with Gasteiger partial charge in [0.2, 0.25) is 5.89 Å². The lowest BCUT2D eigenvalue weighted by molar-refractivity contribution is 0.102. The number of nitrogens with zero attached hydrogens (tertiary/aromatic N) is 5. The van der Waals surface area contributed by atoms with Gasteiger partial charge in [-0.2, -0.15) is 0 Å². The van der Waals surface area contributed by atoms with Crippen molar-refractivity contribution in [3.63, 3.8) is 0 Å². The third-order valence-electron chi connectivity index (χ3n) is 4.85. The van der Waals surface area contributed by atoms with E-state index in [0.29, 0.717) is 22.4 Å². The molecule has 2 N–H and O–H groups in total. The largest absolute Gasteiger partial charge is 0.505 e. The number of carbonyl (C=O) groups is 1. The number of phenols is 1. The number of carbonyl (C=O) groups excluding carboxylic acids is 1. The number of nitrogens with one attached hydrogen (secondary N) is 1. The van der Waals surface area contributed by atoms with E-state index in [0.717, 1.165) is 5.56 Å². The van der Waals surface area contributed by atoms with E-state index in [2.05, 4.69) is 30.7 Å². The second kappa shape index (κ2) is 8.67. The number of anilines is 1. The number of azo groups is 1. The van der Waals surface area contributed by atoms with Gasteiger partial charge in [0, 0.05) is 29.0 Å². The predicted molar refractivity (Wildman–Crippen MR) is 122 cm³/mol. The van der Waals surface area contributed by atoms with Crippen LogP contribution in [0.25, 0.3) is 22.2 Å². The molecule has 0 unspecified atom stereocenters. The third kappa shape index (κ3) is 4.15. The predicted octanol–water partition coefficient (Wildman–Crippen LogP) is 5.66. The maximum absolute atomic E-state index is 12.9. The fourth-order valence-electron chi connectivity index (χ4n) is 3.27. The van der Waals surface area contributed by atoms with E-state index >= 15 is 0 Å². The molecule has 5 rings (SSSR count). The van der Waals surface area contributed by atoms with Gasteiger partial charge in [-0.05, 0) is 35.7 Å². The van der Waals surface area contributed by atoms with Gasteiger partial charge in [-0.1, -0.05) is 52.7 Å². The molecule has 0 radical (unpaired) electrons. The summed E-state index contributed by atoms with van der Waals surface area (Å²) in [5, 5.41) is 31.0. The van der Waals surface area contributed by atoms with Crippen molar-refractivity contribution < 1.29 is 14.3 Å². The average Bonchev–Trinajstić information content (AvgIpc) is 3.33. The lowest BCUT2D eigenvalue weighted by Gasteiger charge is -2.10. The van der Waals surface area contributed by atoms with Crippen molar-refractivity contribution in [3.05, 3.63) is 90.8 Å². The molecule has 0 aliphatic rings. The highest BCUT2D eigenvalue weighted by molar-refractivity contribution is 6.11. The Morgan fingerprint density at radius 3 is 2.48 bits per heavy atom. The Balaban J connectivity index is 1.52. The van der Waals surface area contributed by atoms with E-state index in [1.54, 1.807) is 42.7 Å². The molecule has 2 aromatic heterocycles. The fourth-order valence-corrected chi connectivity index (χ4v) is 3.27. The Labute approximate surface area is 187 Å². The quantitative estimate of drug-likeness (QED) is 0.343. The highest BCUT2D eigenvalue weighted by atomic mass is 16.4. The first-order chi connectivity index (χ1) is 16.2. The zero-order valence-electron chi connectivity index (χ0n) is 17.1. The molecule has 0 spiro atoms. The molecule has 5 aromatic rings. The summed E-state index contributed by atoms with van der Waals surface area (Å²) in [7, 11) is 0. The van der Waals surface area contributed by atoms with Crippen molar-refractivity contribution in [2.75, 3.05) is 5.32 Å². The number of benzene rings is 3. The van der Waals surface area contributed by atoms with Crippen LogP contribution in [0, 0.1) is 0 Å². The van der Waals surface area contributed by atoms with Crippen LogP contribution >= 0.6 is 0 Å². The second-order valence-corrected chi connectivity index (χ2v) is 6.99. The van der Waals surface area contributed by atoms with Gasteiger partial charge in [-0.25, -0.2) is 0 Å². The van der Waals surface area contributed by atoms with Gasteiger partial charge < -0.3 is 14.8 Å². The van der Waals surface area contributed by atoms with Crippen molar-refractivity contribution in [1.29, 1.82) is 0 Å². The molecule has 9 heteroatoms. The van der Waals surface area contributed by atoms with Gasteiger partial charge in [-0.15, -0.1) is 10.2 Å². The van der Waals surface area contributed by atoms with Gasteiger partial charge in [0.25, 0.3) is 5.91 Å². The maximum atomic E-state index is 12.9. The summed E-state index contributed by atoms with van der Waals surface area (Å²) in [5.74, 6) is -0.513. The fraction of sp³-hybridized carbons (Fsp3) is 0. The number of hydrogen-bond acceptors (Lipinski definition) is 8. The number of aromatic nitrogens is 3. The van der Waals surface area contributed by atoms with Crippen LogP contribution in [0.5, 0.6) is 5.75 Å². The van der Waals surface area contributed by atoms with Crippen molar-refractivity contribution in [3.8, 4) is 17.2 Å². The van der Waals surface area contributed by atoms with E-state index in [1.807, 2.05) is 42.5 Å². The highest BCUT2D eigenvalue weighted by Gasteiger charge is 2.19. The van der Waals surface area contributed by atoms with Crippen molar-refractivity contribution >= 4 is 34.1 Å². The van der Waals surface area contributed by atoms with Crippen LogP contribution in [0.15, 0.2) is 99.8 Å². The molecule has 0 atom stereocenters. The van der Waals surface area contributed by atoms with Gasteiger partial charge in [0.15, 0.2) is 5.75 Å². The molecule has 160 valence electrons. The summed E-state index contributed by atoms with van der Waals surface area (Å²) in [4.78, 5) is 16.8. The molecule has 3 aromatic carbocycles. The summed E-state index contributed by atoms with van der Waals surface area (Å²) in [6.45, 7) is 0. The lowest BCUT2D eigenvalue weighted by Crippen LogP contribution is -2.12. The van der Waals surface area contributed by atoms with Crippen molar-refractivity contribution in [1.82, 2.24) is 15.2 Å². The second-order valence-electron chi connectivity index (χ2n) is 6.99. The molecule has 33 heavy (non-hydrogen) atoms. The van der Waals surface area contributed by atoms with Crippen LogP contribution in [-0.4, -0.2) is 26.2 Å². The van der Waals surface area contributed by atoms with E-state index < -0.39 is 5.91 Å². The van der Waals surface area contributed by atoms with Gasteiger partial charge in [0.05, 0.1) is 5.56 Å². The normalized spacial score (nSPS) is 11.2. The molecule has 0 saturated heterocycles. The SMILES string of the molecule is O=C(Nc1ccncc1)c1cc2ccccc2c(/N=N/c2nnc(-c3ccccc3)o2)c1O. The van der Waals surface area contributed by atoms with Crippen LogP contribution in [0.4, 0.5) is 17.4 Å². The van der Waals surface area contributed by atoms with Crippen molar-refractivity contribution in [2.24, 2.45) is 10.2 Å². The zero-order valence-corrected chi connectivity index (χ0v) is 17.1. The van der Waals surface area contributed by atoms with Crippen LogP contribution in [-0.2, 0) is 0 Å². The first-order valence-corrected chi connectivity index (χ1v) is 9.96. The molecule has 0 aliphatic heterocycles. The first-order valence-electron chi connectivity index (χ1n) is 9.96. The number of pyridine rings is 1. The molecule has 0 fully saturated rings. The Kier molecular flexibility index (Phi) is 5.26. The summed E-state index contributed by atoms with van der Waals surface area (Å²) >= 11 is 0. The van der Waals surface area contributed by atoms with Crippen LogP contribution < -0.4 is 5.32 Å². The number of hydrogen-bond donors (Lipinski definition) is 2. The standard InChI is InChI=1S/C24H16N6O3/c31-21-19(22(32)26-17-10-12-25-13-11-17)14-16-8-4-5-9-18(16)20(21)27-29-24-30-28-23(33-24)15-6-2-1-3-7-15/h1-14,31H,(H,25,26,32)/b29-27+. The minimum atomic E-state index is -0.495. The molecule has 1 amide bonds. The summed E-state index contributed by atoms with van der Waals surface area (Å²) in [6.07, 6.45) is 3.12. The van der Waals surface area contributed by atoms with Crippen LogP contribution in [0.2, 0.25) is 0 Å². The lowest BCUT2D eigenvalue weighted by atomic mass is 10.0. The Hall–Kier alpha value is -4.92. The van der Waals surface area contributed by atoms with Gasteiger partial charge in [-0.3, -0.25) is 9.78 Å². The molecule has 0 bridgehead atoms. The third-order valence-corrected chi connectivity index (χ3v) is 4.85. The maximum Gasteiger partial charge on any atom is 0.361 e. The van der Waals surface area contributed by atoms with E-state index in [9.17, 15) is 9.90 Å². The van der Waals surface area contributed by atoms with E-state index in [-0.39, 0.29) is 23.0 Å².